The molecule has 0 radical (unpaired) electrons. The van der Waals surface area contributed by atoms with Gasteiger partial charge in [-0.25, -0.2) is 4.39 Å². The van der Waals surface area contributed by atoms with Crippen molar-refractivity contribution < 1.29 is 13.9 Å². The van der Waals surface area contributed by atoms with Gasteiger partial charge < -0.3 is 19.7 Å². The van der Waals surface area contributed by atoms with Gasteiger partial charge in [0, 0.05) is 33.8 Å². The highest BCUT2D eigenvalue weighted by molar-refractivity contribution is 5.79. The number of hydrogen-bond donors (Lipinski definition) is 1. The first-order chi connectivity index (χ1) is 13.6. The van der Waals surface area contributed by atoms with E-state index in [2.05, 4.69) is 28.5 Å². The van der Waals surface area contributed by atoms with Gasteiger partial charge in [-0.3, -0.25) is 4.99 Å². The van der Waals surface area contributed by atoms with E-state index in [0.717, 1.165) is 22.6 Å². The molecule has 0 aliphatic carbocycles. The maximum absolute atomic E-state index is 13.1. The summed E-state index contributed by atoms with van der Waals surface area (Å²) < 4.78 is 24.0. The molecule has 0 heterocycles. The Morgan fingerprint density at radius 2 is 1.75 bits per heavy atom. The Kier molecular flexibility index (Phi) is 9.45. The molecule has 0 aromatic heterocycles. The number of guanidine groups is 1. The molecule has 2 aromatic rings. The number of nitrogens with one attached hydrogen (secondary N) is 1. The summed E-state index contributed by atoms with van der Waals surface area (Å²) in [7, 11) is 3.72. The van der Waals surface area contributed by atoms with E-state index in [4.69, 9.17) is 9.47 Å². The van der Waals surface area contributed by atoms with Gasteiger partial charge in [0.15, 0.2) is 5.96 Å². The number of nitrogens with zero attached hydrogens (tertiary/aromatic N) is 2. The summed E-state index contributed by atoms with van der Waals surface area (Å²) in [5.41, 5.74) is 3.31. The Labute approximate surface area is 167 Å². The monoisotopic (exact) mass is 387 g/mol. The highest BCUT2D eigenvalue weighted by atomic mass is 19.1. The van der Waals surface area contributed by atoms with Crippen LogP contribution in [0.25, 0.3) is 0 Å². The van der Waals surface area contributed by atoms with Crippen molar-refractivity contribution in [3.8, 4) is 0 Å². The van der Waals surface area contributed by atoms with Crippen molar-refractivity contribution in [1.29, 1.82) is 0 Å². The summed E-state index contributed by atoms with van der Waals surface area (Å²) in [4.78, 5) is 6.34. The van der Waals surface area contributed by atoms with Crippen LogP contribution in [0.15, 0.2) is 53.5 Å². The molecular weight excluding hydrogens is 357 g/mol. The molecule has 152 valence electrons. The molecule has 2 rings (SSSR count). The van der Waals surface area contributed by atoms with Crippen LogP contribution in [0.3, 0.4) is 0 Å². The van der Waals surface area contributed by atoms with Gasteiger partial charge >= 0.3 is 0 Å². The molecule has 0 amide bonds. The lowest BCUT2D eigenvalue weighted by Crippen LogP contribution is -2.38. The van der Waals surface area contributed by atoms with Gasteiger partial charge in [-0.05, 0) is 35.7 Å². The molecule has 0 aliphatic heterocycles. The van der Waals surface area contributed by atoms with E-state index in [1.807, 2.05) is 24.9 Å². The third-order valence-corrected chi connectivity index (χ3v) is 4.19. The fourth-order valence-electron chi connectivity index (χ4n) is 2.79. The first kappa shape index (κ1) is 21.9. The van der Waals surface area contributed by atoms with E-state index in [9.17, 15) is 4.39 Å². The lowest BCUT2D eigenvalue weighted by Gasteiger charge is -2.22. The van der Waals surface area contributed by atoms with Gasteiger partial charge in [0.2, 0.25) is 0 Å². The lowest BCUT2D eigenvalue weighted by atomic mass is 10.1. The molecule has 0 saturated heterocycles. The fourth-order valence-corrected chi connectivity index (χ4v) is 2.79. The summed E-state index contributed by atoms with van der Waals surface area (Å²) in [6.07, 6.45) is 0. The van der Waals surface area contributed by atoms with Crippen LogP contribution in [-0.4, -0.2) is 44.8 Å². The second-order valence-corrected chi connectivity index (χ2v) is 6.45. The normalized spacial score (nSPS) is 11.5. The lowest BCUT2D eigenvalue weighted by molar-refractivity contribution is 0.0453. The van der Waals surface area contributed by atoms with E-state index in [1.54, 1.807) is 19.2 Å². The molecular formula is C22H30FN3O2. The minimum Gasteiger partial charge on any atom is -0.379 e. The zero-order valence-electron chi connectivity index (χ0n) is 17.0. The Hall–Kier alpha value is -2.44. The summed E-state index contributed by atoms with van der Waals surface area (Å²) >= 11 is 0. The average Bonchev–Trinajstić information content (AvgIpc) is 2.70. The molecule has 0 unspecified atom stereocenters. The molecule has 0 spiro atoms. The van der Waals surface area contributed by atoms with Gasteiger partial charge in [0.05, 0.1) is 19.8 Å². The standard InChI is InChI=1S/C22H30FN3O2/c1-4-27-12-13-28-17-20-7-5-6-19(14-20)15-25-22(24-2)26(3)16-18-8-10-21(23)11-9-18/h5-11,14H,4,12-13,15-17H2,1-3H3,(H,24,25). The fraction of sp³-hybridized carbons (Fsp3) is 0.409. The Morgan fingerprint density at radius 1 is 1.04 bits per heavy atom. The van der Waals surface area contributed by atoms with Crippen LogP contribution in [0.2, 0.25) is 0 Å². The quantitative estimate of drug-likeness (QED) is 0.385. The number of rotatable bonds is 10. The molecule has 0 fully saturated rings. The van der Waals surface area contributed by atoms with Crippen LogP contribution in [0, 0.1) is 5.82 Å². The van der Waals surface area contributed by atoms with Crippen LogP contribution in [-0.2, 0) is 29.2 Å². The molecule has 6 heteroatoms. The summed E-state index contributed by atoms with van der Waals surface area (Å²) in [5, 5.41) is 3.37. The Balaban J connectivity index is 1.83. The summed E-state index contributed by atoms with van der Waals surface area (Å²) in [6, 6.07) is 14.8. The smallest absolute Gasteiger partial charge is 0.193 e. The minimum atomic E-state index is -0.226. The number of benzene rings is 2. The van der Waals surface area contributed by atoms with Crippen LogP contribution in [0.5, 0.6) is 0 Å². The molecule has 1 N–H and O–H groups in total. The number of aliphatic imine (C=N–C) groups is 1. The number of ether oxygens (including phenoxy) is 2. The molecule has 0 aliphatic rings. The van der Waals surface area contributed by atoms with Crippen LogP contribution < -0.4 is 5.32 Å². The Bertz CT molecular complexity index is 735. The molecule has 5 nitrogen and oxygen atoms in total. The minimum absolute atomic E-state index is 0.226. The van der Waals surface area contributed by atoms with Crippen molar-refractivity contribution >= 4 is 5.96 Å². The zero-order valence-corrected chi connectivity index (χ0v) is 17.0. The Morgan fingerprint density at radius 3 is 2.46 bits per heavy atom. The van der Waals surface area contributed by atoms with E-state index < -0.39 is 0 Å². The predicted molar refractivity (Wildman–Crippen MR) is 111 cm³/mol. The van der Waals surface area contributed by atoms with Crippen molar-refractivity contribution in [1.82, 2.24) is 10.2 Å². The van der Waals surface area contributed by atoms with Gasteiger partial charge in [-0.1, -0.05) is 36.4 Å². The third kappa shape index (κ3) is 7.66. The van der Waals surface area contributed by atoms with Gasteiger partial charge in [0.25, 0.3) is 0 Å². The molecule has 0 atom stereocenters. The van der Waals surface area contributed by atoms with Crippen LogP contribution in [0.1, 0.15) is 23.6 Å². The first-order valence-electron chi connectivity index (χ1n) is 9.52. The molecule has 0 bridgehead atoms. The van der Waals surface area contributed by atoms with Crippen LogP contribution >= 0.6 is 0 Å². The van der Waals surface area contributed by atoms with Gasteiger partial charge in [0.1, 0.15) is 5.82 Å². The van der Waals surface area contributed by atoms with E-state index in [-0.39, 0.29) is 5.82 Å². The van der Waals surface area contributed by atoms with Gasteiger partial charge in [-0.2, -0.15) is 0 Å². The summed E-state index contributed by atoms with van der Waals surface area (Å²) in [5.74, 6) is 0.554. The van der Waals surface area contributed by atoms with E-state index in [1.165, 1.54) is 12.1 Å². The second kappa shape index (κ2) is 12.1. The average molecular weight is 387 g/mol. The van der Waals surface area contributed by atoms with Crippen molar-refractivity contribution in [3.63, 3.8) is 0 Å². The molecule has 0 saturated carbocycles. The number of hydrogen-bond acceptors (Lipinski definition) is 3. The maximum atomic E-state index is 13.1. The molecule has 2 aromatic carbocycles. The topological polar surface area (TPSA) is 46.1 Å². The molecule has 28 heavy (non-hydrogen) atoms. The van der Waals surface area contributed by atoms with Crippen molar-refractivity contribution in [2.24, 2.45) is 4.99 Å². The third-order valence-electron chi connectivity index (χ3n) is 4.19. The van der Waals surface area contributed by atoms with E-state index in [0.29, 0.717) is 39.5 Å². The largest absolute Gasteiger partial charge is 0.379 e. The number of halogens is 1. The SMILES string of the molecule is CCOCCOCc1cccc(CNC(=NC)N(C)Cc2ccc(F)cc2)c1. The van der Waals surface area contributed by atoms with Crippen molar-refractivity contribution in [3.05, 3.63) is 71.0 Å². The second-order valence-electron chi connectivity index (χ2n) is 6.45. The highest BCUT2D eigenvalue weighted by Crippen LogP contribution is 2.08. The maximum Gasteiger partial charge on any atom is 0.193 e. The van der Waals surface area contributed by atoms with Crippen molar-refractivity contribution in [2.45, 2.75) is 26.6 Å². The van der Waals surface area contributed by atoms with Gasteiger partial charge in [-0.15, -0.1) is 0 Å². The zero-order chi connectivity index (χ0) is 20.2. The summed E-state index contributed by atoms with van der Waals surface area (Å²) in [6.45, 7) is 5.77. The van der Waals surface area contributed by atoms with E-state index >= 15 is 0 Å². The van der Waals surface area contributed by atoms with Crippen LogP contribution in [0.4, 0.5) is 4.39 Å². The predicted octanol–water partition coefficient (Wildman–Crippen LogP) is 3.59. The van der Waals surface area contributed by atoms with Crippen molar-refractivity contribution in [2.75, 3.05) is 33.9 Å². The first-order valence-corrected chi connectivity index (χ1v) is 9.52. The highest BCUT2D eigenvalue weighted by Gasteiger charge is 2.07.